The normalized spacial score (nSPS) is 22.3. The monoisotopic (exact) mass is 394 g/mol. The van der Waals surface area contributed by atoms with Crippen LogP contribution in [0.5, 0.6) is 0 Å². The first-order valence-electron chi connectivity index (χ1n) is 9.15. The zero-order valence-electron chi connectivity index (χ0n) is 14.8. The van der Waals surface area contributed by atoms with Gasteiger partial charge in [0.05, 0.1) is 5.56 Å². The quantitative estimate of drug-likeness (QED) is 0.830. The topological polar surface area (TPSA) is 32.3 Å². The van der Waals surface area contributed by atoms with Crippen molar-refractivity contribution in [2.24, 2.45) is 5.92 Å². The van der Waals surface area contributed by atoms with Gasteiger partial charge in [-0.1, -0.05) is 18.2 Å². The van der Waals surface area contributed by atoms with Gasteiger partial charge in [0.15, 0.2) is 0 Å². The van der Waals surface area contributed by atoms with Crippen molar-refractivity contribution in [2.45, 2.75) is 31.5 Å². The van der Waals surface area contributed by atoms with Gasteiger partial charge < -0.3 is 5.32 Å². The van der Waals surface area contributed by atoms with E-state index in [9.17, 15) is 18.0 Å². The molecule has 144 valence electrons. The Hall–Kier alpha value is -1.86. The number of thiophene rings is 1. The van der Waals surface area contributed by atoms with E-state index in [-0.39, 0.29) is 23.3 Å². The van der Waals surface area contributed by atoms with Crippen LogP contribution in [0.15, 0.2) is 35.7 Å². The van der Waals surface area contributed by atoms with Crippen molar-refractivity contribution in [2.75, 3.05) is 19.6 Å². The van der Waals surface area contributed by atoms with Crippen LogP contribution in [0.1, 0.15) is 33.9 Å². The summed E-state index contributed by atoms with van der Waals surface area (Å²) in [6, 6.07) is 7.73. The highest BCUT2D eigenvalue weighted by Crippen LogP contribution is 2.51. The molecule has 0 saturated heterocycles. The Labute approximate surface area is 160 Å². The summed E-state index contributed by atoms with van der Waals surface area (Å²) in [5.74, 6) is -0.810. The lowest BCUT2D eigenvalue weighted by molar-refractivity contribution is -0.138. The summed E-state index contributed by atoms with van der Waals surface area (Å²) < 4.78 is 39.4. The summed E-state index contributed by atoms with van der Waals surface area (Å²) in [5, 5.41) is 5.02. The lowest BCUT2D eigenvalue weighted by Gasteiger charge is -2.26. The first kappa shape index (κ1) is 18.5. The number of carbonyl (C=O) groups excluding carboxylic acids is 1. The molecule has 0 spiro atoms. The van der Waals surface area contributed by atoms with Crippen LogP contribution in [0.25, 0.3) is 0 Å². The fraction of sp³-hybridized carbons (Fsp3) is 0.450. The number of benzene rings is 1. The van der Waals surface area contributed by atoms with E-state index < -0.39 is 11.7 Å². The van der Waals surface area contributed by atoms with E-state index >= 15 is 0 Å². The van der Waals surface area contributed by atoms with Crippen LogP contribution < -0.4 is 5.32 Å². The van der Waals surface area contributed by atoms with Gasteiger partial charge in [0.25, 0.3) is 0 Å². The van der Waals surface area contributed by atoms with E-state index in [4.69, 9.17) is 0 Å². The van der Waals surface area contributed by atoms with Crippen LogP contribution in [0.4, 0.5) is 13.2 Å². The van der Waals surface area contributed by atoms with E-state index in [1.807, 2.05) is 0 Å². The summed E-state index contributed by atoms with van der Waals surface area (Å²) in [7, 11) is 0. The minimum Gasteiger partial charge on any atom is -0.355 e. The van der Waals surface area contributed by atoms with E-state index in [0.29, 0.717) is 13.0 Å². The average molecular weight is 394 g/mol. The van der Waals surface area contributed by atoms with Gasteiger partial charge >= 0.3 is 6.18 Å². The molecular weight excluding hydrogens is 373 g/mol. The largest absolute Gasteiger partial charge is 0.416 e. The highest BCUT2D eigenvalue weighted by atomic mass is 32.1. The van der Waals surface area contributed by atoms with Crippen LogP contribution in [-0.4, -0.2) is 30.4 Å². The summed E-state index contributed by atoms with van der Waals surface area (Å²) in [6.07, 6.45) is -2.85. The number of hydrogen-bond donors (Lipinski definition) is 1. The molecule has 1 fully saturated rings. The number of halogens is 3. The van der Waals surface area contributed by atoms with Crippen LogP contribution >= 0.6 is 11.3 Å². The molecule has 0 radical (unpaired) electrons. The number of nitrogens with one attached hydrogen (secondary N) is 1. The predicted molar refractivity (Wildman–Crippen MR) is 98.6 cm³/mol. The van der Waals surface area contributed by atoms with Crippen LogP contribution in [0.2, 0.25) is 0 Å². The predicted octanol–water partition coefficient (Wildman–Crippen LogP) is 4.04. The number of rotatable bonds is 5. The molecule has 1 N–H and O–H groups in total. The smallest absolute Gasteiger partial charge is 0.355 e. The maximum Gasteiger partial charge on any atom is 0.416 e. The van der Waals surface area contributed by atoms with Gasteiger partial charge in [0.2, 0.25) is 5.91 Å². The van der Waals surface area contributed by atoms with Gasteiger partial charge in [0.1, 0.15) is 0 Å². The molecule has 1 amide bonds. The minimum atomic E-state index is -4.38. The molecule has 2 aliphatic rings. The van der Waals surface area contributed by atoms with Gasteiger partial charge in [-0.2, -0.15) is 13.2 Å². The molecule has 3 nitrogen and oxygen atoms in total. The standard InChI is InChI=1S/C20H21F3N2OS/c21-20(22,23)17-4-2-1-3-14(17)15-11-16(15)19(26)24-7-9-25-8-5-18-13(12-25)6-10-27-18/h1-4,6,10,15-16H,5,7-9,11-12H2,(H,24,26). The Morgan fingerprint density at radius 2 is 2.07 bits per heavy atom. The van der Waals surface area contributed by atoms with Gasteiger partial charge in [-0.15, -0.1) is 11.3 Å². The third kappa shape index (κ3) is 4.04. The minimum absolute atomic E-state index is 0.134. The summed E-state index contributed by atoms with van der Waals surface area (Å²) in [5.41, 5.74) is 0.986. The fourth-order valence-electron chi connectivity index (χ4n) is 3.87. The zero-order chi connectivity index (χ0) is 19.0. The molecule has 7 heteroatoms. The Bertz CT molecular complexity index is 833. The second kappa shape index (κ2) is 7.28. The maximum atomic E-state index is 13.1. The Kier molecular flexibility index (Phi) is 4.99. The second-order valence-electron chi connectivity index (χ2n) is 7.22. The zero-order valence-corrected chi connectivity index (χ0v) is 15.6. The van der Waals surface area contributed by atoms with E-state index in [1.54, 1.807) is 17.4 Å². The molecule has 0 bridgehead atoms. The molecule has 1 saturated carbocycles. The molecule has 4 rings (SSSR count). The van der Waals surface area contributed by atoms with Gasteiger partial charge in [-0.05, 0) is 47.4 Å². The maximum absolute atomic E-state index is 13.1. The lowest BCUT2D eigenvalue weighted by atomic mass is 10.0. The van der Waals surface area contributed by atoms with Crippen molar-refractivity contribution >= 4 is 17.2 Å². The van der Waals surface area contributed by atoms with Crippen molar-refractivity contribution in [3.8, 4) is 0 Å². The number of hydrogen-bond acceptors (Lipinski definition) is 3. The van der Waals surface area contributed by atoms with Crippen molar-refractivity contribution in [1.82, 2.24) is 10.2 Å². The Balaban J connectivity index is 1.28. The number of alkyl halides is 3. The summed E-state index contributed by atoms with van der Waals surface area (Å²) in [4.78, 5) is 16.1. The number of amides is 1. The Morgan fingerprint density at radius 3 is 2.89 bits per heavy atom. The molecule has 1 aliphatic heterocycles. The van der Waals surface area contributed by atoms with Crippen LogP contribution in [0, 0.1) is 5.92 Å². The SMILES string of the molecule is O=C(NCCN1CCc2sccc2C1)C1CC1c1ccccc1C(F)(F)F. The van der Waals surface area contributed by atoms with Crippen molar-refractivity contribution in [3.63, 3.8) is 0 Å². The lowest BCUT2D eigenvalue weighted by Crippen LogP contribution is -2.38. The van der Waals surface area contributed by atoms with E-state index in [0.717, 1.165) is 32.1 Å². The highest BCUT2D eigenvalue weighted by molar-refractivity contribution is 7.10. The Morgan fingerprint density at radius 1 is 1.26 bits per heavy atom. The summed E-state index contributed by atoms with van der Waals surface area (Å²) >= 11 is 1.79. The van der Waals surface area contributed by atoms with Gasteiger partial charge in [0, 0.05) is 37.0 Å². The molecule has 27 heavy (non-hydrogen) atoms. The number of fused-ring (bicyclic) bond motifs is 1. The van der Waals surface area contributed by atoms with E-state index in [1.165, 1.54) is 22.6 Å². The molecular formula is C20H21F3N2OS. The van der Waals surface area contributed by atoms with Gasteiger partial charge in [-0.3, -0.25) is 9.69 Å². The third-order valence-corrected chi connectivity index (χ3v) is 6.43. The number of carbonyl (C=O) groups is 1. The third-order valence-electron chi connectivity index (χ3n) is 5.41. The number of nitrogens with zero attached hydrogens (tertiary/aromatic N) is 1. The summed E-state index contributed by atoms with van der Waals surface area (Å²) in [6.45, 7) is 3.17. The molecule has 2 aromatic rings. The fourth-order valence-corrected chi connectivity index (χ4v) is 4.76. The second-order valence-corrected chi connectivity index (χ2v) is 8.22. The van der Waals surface area contributed by atoms with Gasteiger partial charge in [-0.25, -0.2) is 0 Å². The molecule has 1 aromatic carbocycles. The highest BCUT2D eigenvalue weighted by Gasteiger charge is 2.47. The van der Waals surface area contributed by atoms with E-state index in [2.05, 4.69) is 21.7 Å². The molecule has 2 unspecified atom stereocenters. The molecule has 2 atom stereocenters. The van der Waals surface area contributed by atoms with Crippen molar-refractivity contribution in [3.05, 3.63) is 57.3 Å². The average Bonchev–Trinajstić information content (AvgIpc) is 3.31. The molecule has 1 aliphatic carbocycles. The van der Waals surface area contributed by atoms with Crippen molar-refractivity contribution in [1.29, 1.82) is 0 Å². The molecule has 1 aromatic heterocycles. The van der Waals surface area contributed by atoms with Crippen molar-refractivity contribution < 1.29 is 18.0 Å². The van der Waals surface area contributed by atoms with Crippen LogP contribution in [-0.2, 0) is 23.9 Å². The molecule has 2 heterocycles. The first-order chi connectivity index (χ1) is 12.9. The van der Waals surface area contributed by atoms with Crippen LogP contribution in [0.3, 0.4) is 0 Å². The first-order valence-corrected chi connectivity index (χ1v) is 10.0.